The molecule has 1 aromatic carbocycles. The van der Waals surface area contributed by atoms with Gasteiger partial charge < -0.3 is 19.5 Å². The van der Waals surface area contributed by atoms with Crippen molar-refractivity contribution in [2.24, 2.45) is 0 Å². The molecule has 1 heterocycles. The summed E-state index contributed by atoms with van der Waals surface area (Å²) in [5.74, 6) is -1.41. The van der Waals surface area contributed by atoms with Gasteiger partial charge in [0.25, 0.3) is 11.5 Å². The van der Waals surface area contributed by atoms with Crippen LogP contribution in [0.15, 0.2) is 29.1 Å². The van der Waals surface area contributed by atoms with Crippen molar-refractivity contribution in [3.8, 4) is 0 Å². The first-order valence-electron chi connectivity index (χ1n) is 9.96. The zero-order valence-corrected chi connectivity index (χ0v) is 17.6. The summed E-state index contributed by atoms with van der Waals surface area (Å²) < 4.78 is 6.68. The van der Waals surface area contributed by atoms with Crippen LogP contribution in [-0.2, 0) is 32.1 Å². The molecule has 0 saturated carbocycles. The van der Waals surface area contributed by atoms with Crippen molar-refractivity contribution in [3.05, 3.63) is 40.3 Å². The lowest BCUT2D eigenvalue weighted by Crippen LogP contribution is -2.39. The van der Waals surface area contributed by atoms with Gasteiger partial charge in [0.15, 0.2) is 6.61 Å². The number of likely N-dealkylation sites (N-methyl/N-ethyl adjacent to an activating group) is 2. The number of nitrogens with zero attached hydrogens (tertiary/aromatic N) is 3. The van der Waals surface area contributed by atoms with Gasteiger partial charge in [-0.2, -0.15) is 0 Å². The third kappa shape index (κ3) is 6.13. The molecule has 0 atom stereocenters. The molecule has 0 bridgehead atoms. The van der Waals surface area contributed by atoms with Crippen LogP contribution in [0.4, 0.5) is 0 Å². The molecule has 0 aliphatic carbocycles. The number of para-hydroxylation sites is 2. The molecular formula is C21H28N4O5. The number of rotatable bonds is 10. The molecule has 30 heavy (non-hydrogen) atoms. The van der Waals surface area contributed by atoms with Gasteiger partial charge in [0.2, 0.25) is 5.91 Å². The lowest BCUT2D eigenvalue weighted by atomic mass is 10.2. The van der Waals surface area contributed by atoms with E-state index >= 15 is 0 Å². The topological polar surface area (TPSA) is 111 Å². The number of carbonyl (C=O) groups excluding carboxylic acids is 3. The lowest BCUT2D eigenvalue weighted by molar-refractivity contribution is -0.151. The fourth-order valence-corrected chi connectivity index (χ4v) is 2.87. The van der Waals surface area contributed by atoms with Crippen molar-refractivity contribution in [1.29, 1.82) is 0 Å². The number of unbranched alkanes of at least 4 members (excludes halogenated alkanes) is 1. The van der Waals surface area contributed by atoms with Crippen LogP contribution >= 0.6 is 0 Å². The Hall–Kier alpha value is -3.23. The van der Waals surface area contributed by atoms with Gasteiger partial charge in [-0.15, -0.1) is 0 Å². The van der Waals surface area contributed by atoms with E-state index in [1.165, 1.54) is 19.0 Å². The average Bonchev–Trinajstić information content (AvgIpc) is 2.75. The average molecular weight is 416 g/mol. The molecule has 0 aliphatic rings. The Kier molecular flexibility index (Phi) is 8.52. The van der Waals surface area contributed by atoms with Gasteiger partial charge in [-0.05, 0) is 18.6 Å². The van der Waals surface area contributed by atoms with Gasteiger partial charge in [0.1, 0.15) is 5.69 Å². The Morgan fingerprint density at radius 3 is 2.67 bits per heavy atom. The second-order valence-electron chi connectivity index (χ2n) is 6.94. The first-order chi connectivity index (χ1) is 14.4. The first kappa shape index (κ1) is 23.1. The van der Waals surface area contributed by atoms with Gasteiger partial charge in [-0.1, -0.05) is 25.5 Å². The van der Waals surface area contributed by atoms with Crippen molar-refractivity contribution >= 4 is 28.8 Å². The van der Waals surface area contributed by atoms with Crippen LogP contribution in [0.25, 0.3) is 11.0 Å². The van der Waals surface area contributed by atoms with Gasteiger partial charge in [0, 0.05) is 27.1 Å². The molecule has 0 spiro atoms. The highest BCUT2D eigenvalue weighted by atomic mass is 16.5. The maximum absolute atomic E-state index is 12.8. The molecule has 9 nitrogen and oxygen atoms in total. The molecule has 2 rings (SSSR count). The van der Waals surface area contributed by atoms with Crippen LogP contribution in [-0.4, -0.2) is 59.5 Å². The standard InChI is InChI=1S/C21H28N4O5/c1-4-5-12-25-17-9-7-6-8-15(17)23-16(21(25)29)10-11-20(28)30-14-19(27)24(3)13-18(26)22-2/h6-9H,4-5,10-14H2,1-3H3,(H,22,26). The maximum Gasteiger partial charge on any atom is 0.306 e. The number of hydrogen-bond donors (Lipinski definition) is 1. The zero-order chi connectivity index (χ0) is 22.1. The van der Waals surface area contributed by atoms with E-state index in [1.807, 2.05) is 24.3 Å². The summed E-state index contributed by atoms with van der Waals surface area (Å²) in [6, 6.07) is 7.41. The van der Waals surface area contributed by atoms with Crippen LogP contribution in [0.5, 0.6) is 0 Å². The first-order valence-corrected chi connectivity index (χ1v) is 9.96. The summed E-state index contributed by atoms with van der Waals surface area (Å²) in [6.45, 7) is 2.06. The Labute approximate surface area is 175 Å². The number of benzene rings is 1. The number of ether oxygens (including phenoxy) is 1. The molecule has 1 N–H and O–H groups in total. The van der Waals surface area contributed by atoms with Crippen molar-refractivity contribution < 1.29 is 19.1 Å². The summed E-state index contributed by atoms with van der Waals surface area (Å²) >= 11 is 0. The third-order valence-corrected chi connectivity index (χ3v) is 4.66. The second kappa shape index (κ2) is 11.1. The van der Waals surface area contributed by atoms with Crippen molar-refractivity contribution in [3.63, 3.8) is 0 Å². The van der Waals surface area contributed by atoms with Gasteiger partial charge >= 0.3 is 5.97 Å². The molecule has 2 amide bonds. The molecule has 1 aromatic heterocycles. The highest BCUT2D eigenvalue weighted by molar-refractivity contribution is 5.86. The maximum atomic E-state index is 12.8. The van der Waals surface area contributed by atoms with E-state index in [2.05, 4.69) is 17.2 Å². The molecule has 2 aromatic rings. The summed E-state index contributed by atoms with van der Waals surface area (Å²) in [6.07, 6.45) is 1.87. The van der Waals surface area contributed by atoms with E-state index in [0.29, 0.717) is 17.8 Å². The molecule has 0 radical (unpaired) electrons. The Morgan fingerprint density at radius 2 is 1.97 bits per heavy atom. The molecule has 0 unspecified atom stereocenters. The van der Waals surface area contributed by atoms with Crippen molar-refractivity contribution in [2.45, 2.75) is 39.2 Å². The summed E-state index contributed by atoms with van der Waals surface area (Å²) in [7, 11) is 2.92. The van der Waals surface area contributed by atoms with E-state index in [0.717, 1.165) is 18.4 Å². The van der Waals surface area contributed by atoms with Crippen LogP contribution in [0.2, 0.25) is 0 Å². The minimum atomic E-state index is -0.605. The summed E-state index contributed by atoms with van der Waals surface area (Å²) in [5.41, 5.74) is 1.55. The number of carbonyl (C=O) groups is 3. The number of hydrogen-bond acceptors (Lipinski definition) is 6. The Bertz CT molecular complexity index is 970. The van der Waals surface area contributed by atoms with Crippen LogP contribution in [0, 0.1) is 0 Å². The summed E-state index contributed by atoms with van der Waals surface area (Å²) in [5, 5.41) is 2.41. The van der Waals surface area contributed by atoms with Crippen molar-refractivity contribution in [2.75, 3.05) is 27.2 Å². The number of amides is 2. The normalized spacial score (nSPS) is 10.6. The monoisotopic (exact) mass is 416 g/mol. The van der Waals surface area contributed by atoms with E-state index in [1.54, 1.807) is 4.57 Å². The van der Waals surface area contributed by atoms with Crippen molar-refractivity contribution in [1.82, 2.24) is 19.8 Å². The highest BCUT2D eigenvalue weighted by Gasteiger charge is 2.16. The Balaban J connectivity index is 2.00. The molecular weight excluding hydrogens is 388 g/mol. The van der Waals surface area contributed by atoms with Crippen LogP contribution < -0.4 is 10.9 Å². The predicted molar refractivity (Wildman–Crippen MR) is 112 cm³/mol. The number of aromatic nitrogens is 2. The number of aryl methyl sites for hydroxylation is 2. The minimum absolute atomic E-state index is 0.0687. The zero-order valence-electron chi connectivity index (χ0n) is 17.6. The molecule has 162 valence electrons. The second-order valence-corrected chi connectivity index (χ2v) is 6.94. The van der Waals surface area contributed by atoms with Gasteiger partial charge in [0.05, 0.1) is 24.0 Å². The third-order valence-electron chi connectivity index (χ3n) is 4.66. The highest BCUT2D eigenvalue weighted by Crippen LogP contribution is 2.12. The quantitative estimate of drug-likeness (QED) is 0.576. The summed E-state index contributed by atoms with van der Waals surface area (Å²) in [4.78, 5) is 53.7. The van der Waals surface area contributed by atoms with E-state index in [-0.39, 0.29) is 30.9 Å². The molecule has 0 saturated heterocycles. The van der Waals surface area contributed by atoms with E-state index in [4.69, 9.17) is 4.74 Å². The number of fused-ring (bicyclic) bond motifs is 1. The molecule has 0 fully saturated rings. The van der Waals surface area contributed by atoms with Gasteiger partial charge in [-0.25, -0.2) is 4.98 Å². The SMILES string of the molecule is CCCCn1c(=O)c(CCC(=O)OCC(=O)N(C)CC(=O)NC)nc2ccccc21. The fourth-order valence-electron chi connectivity index (χ4n) is 2.87. The largest absolute Gasteiger partial charge is 0.456 e. The Morgan fingerprint density at radius 1 is 1.23 bits per heavy atom. The van der Waals surface area contributed by atoms with Crippen LogP contribution in [0.1, 0.15) is 31.9 Å². The van der Waals surface area contributed by atoms with E-state index in [9.17, 15) is 19.2 Å². The molecule has 0 aliphatic heterocycles. The number of esters is 1. The number of nitrogens with one attached hydrogen (secondary N) is 1. The lowest BCUT2D eigenvalue weighted by Gasteiger charge is -2.16. The fraction of sp³-hybridized carbons (Fsp3) is 0.476. The smallest absolute Gasteiger partial charge is 0.306 e. The molecule has 9 heteroatoms. The minimum Gasteiger partial charge on any atom is -0.456 e. The van der Waals surface area contributed by atoms with E-state index < -0.39 is 18.5 Å². The van der Waals surface area contributed by atoms with Crippen LogP contribution in [0.3, 0.4) is 0 Å². The predicted octanol–water partition coefficient (Wildman–Crippen LogP) is 0.877. The van der Waals surface area contributed by atoms with Gasteiger partial charge in [-0.3, -0.25) is 19.2 Å².